The number of likely N-dealkylation sites (tertiary alicyclic amines) is 1. The number of carbonyl (C=O) groups is 1. The number of carbonyl (C=O) groups excluding carboxylic acids is 1. The maximum atomic E-state index is 12.6. The number of aromatic nitrogens is 1. The number of likely N-dealkylation sites (N-methyl/N-ethyl adjacent to an activating group) is 1. The van der Waals surface area contributed by atoms with Gasteiger partial charge < -0.3 is 9.42 Å². The molecule has 0 spiro atoms. The fraction of sp³-hybridized carbons (Fsp3) is 0.500. The summed E-state index contributed by atoms with van der Waals surface area (Å²) < 4.78 is 5.16. The highest BCUT2D eigenvalue weighted by Crippen LogP contribution is 2.20. The molecule has 1 aliphatic rings. The number of aryl methyl sites for hydroxylation is 2. The van der Waals surface area contributed by atoms with E-state index in [2.05, 4.69) is 40.4 Å². The van der Waals surface area contributed by atoms with Gasteiger partial charge in [0.2, 0.25) is 5.91 Å². The predicted octanol–water partition coefficient (Wildman–Crippen LogP) is 2.96. The third kappa shape index (κ3) is 4.28. The van der Waals surface area contributed by atoms with Crippen LogP contribution in [0.25, 0.3) is 0 Å². The minimum atomic E-state index is 0.149. The minimum absolute atomic E-state index is 0.149. The second-order valence-corrected chi connectivity index (χ2v) is 6.98. The van der Waals surface area contributed by atoms with Crippen molar-refractivity contribution in [2.45, 2.75) is 45.7 Å². The van der Waals surface area contributed by atoms with Crippen molar-refractivity contribution < 1.29 is 9.32 Å². The Hall–Kier alpha value is -2.14. The lowest BCUT2D eigenvalue weighted by Crippen LogP contribution is -2.45. The summed E-state index contributed by atoms with van der Waals surface area (Å²) in [7, 11) is 1.93. The molecule has 1 fully saturated rings. The Kier molecular flexibility index (Phi) is 5.53. The van der Waals surface area contributed by atoms with Gasteiger partial charge in [-0.3, -0.25) is 9.69 Å². The molecule has 2 aromatic rings. The van der Waals surface area contributed by atoms with Gasteiger partial charge in [-0.25, -0.2) is 0 Å². The second-order valence-electron chi connectivity index (χ2n) is 6.98. The Labute approximate surface area is 149 Å². The number of amides is 1. The van der Waals surface area contributed by atoms with Gasteiger partial charge in [-0.15, -0.1) is 0 Å². The van der Waals surface area contributed by atoms with Gasteiger partial charge in [-0.2, -0.15) is 0 Å². The molecule has 0 bridgehead atoms. The van der Waals surface area contributed by atoms with E-state index in [4.69, 9.17) is 4.52 Å². The highest BCUT2D eigenvalue weighted by atomic mass is 16.5. The maximum Gasteiger partial charge on any atom is 0.227 e. The van der Waals surface area contributed by atoms with Gasteiger partial charge in [0.25, 0.3) is 0 Å². The van der Waals surface area contributed by atoms with Crippen LogP contribution < -0.4 is 0 Å². The zero-order valence-electron chi connectivity index (χ0n) is 15.4. The van der Waals surface area contributed by atoms with Crippen molar-refractivity contribution in [3.05, 3.63) is 52.9 Å². The van der Waals surface area contributed by atoms with Crippen molar-refractivity contribution in [1.29, 1.82) is 0 Å². The van der Waals surface area contributed by atoms with Crippen LogP contribution in [0, 0.1) is 13.8 Å². The van der Waals surface area contributed by atoms with Gasteiger partial charge in [-0.1, -0.05) is 35.5 Å². The molecule has 1 aromatic carbocycles. The summed E-state index contributed by atoms with van der Waals surface area (Å²) in [6, 6.07) is 10.9. The van der Waals surface area contributed by atoms with Crippen LogP contribution in [0.4, 0.5) is 0 Å². The molecule has 1 amide bonds. The van der Waals surface area contributed by atoms with Crippen LogP contribution in [0.2, 0.25) is 0 Å². The normalized spacial score (nSPS) is 16.1. The molecule has 1 aromatic heterocycles. The Morgan fingerprint density at radius 1 is 1.24 bits per heavy atom. The Balaban J connectivity index is 1.51. The Morgan fingerprint density at radius 2 is 1.92 bits per heavy atom. The van der Waals surface area contributed by atoms with E-state index in [1.54, 1.807) is 0 Å². The Morgan fingerprint density at radius 3 is 2.52 bits per heavy atom. The molecule has 2 heterocycles. The first kappa shape index (κ1) is 17.7. The summed E-state index contributed by atoms with van der Waals surface area (Å²) in [5, 5.41) is 3.94. The van der Waals surface area contributed by atoms with E-state index in [9.17, 15) is 4.79 Å². The van der Waals surface area contributed by atoms with E-state index in [0.29, 0.717) is 12.5 Å². The summed E-state index contributed by atoms with van der Waals surface area (Å²) in [5.74, 6) is 0.896. The summed E-state index contributed by atoms with van der Waals surface area (Å²) in [5.41, 5.74) is 3.10. The molecular weight excluding hydrogens is 314 g/mol. The molecule has 0 aliphatic carbocycles. The SMILES string of the molecule is Cc1noc(C)c1CC(=O)N(C)C1CCN(Cc2ccccc2)CC1. The first-order valence-corrected chi connectivity index (χ1v) is 8.98. The lowest BCUT2D eigenvalue weighted by molar-refractivity contribution is -0.132. The molecule has 25 heavy (non-hydrogen) atoms. The van der Waals surface area contributed by atoms with E-state index in [1.165, 1.54) is 5.56 Å². The van der Waals surface area contributed by atoms with Crippen LogP contribution >= 0.6 is 0 Å². The van der Waals surface area contributed by atoms with Crippen LogP contribution in [-0.2, 0) is 17.8 Å². The average Bonchev–Trinajstić information content (AvgIpc) is 2.94. The average molecular weight is 341 g/mol. The smallest absolute Gasteiger partial charge is 0.227 e. The van der Waals surface area contributed by atoms with Gasteiger partial charge in [-0.05, 0) is 32.3 Å². The number of benzene rings is 1. The summed E-state index contributed by atoms with van der Waals surface area (Å²) >= 11 is 0. The first-order valence-electron chi connectivity index (χ1n) is 8.98. The van der Waals surface area contributed by atoms with Crippen molar-refractivity contribution in [3.8, 4) is 0 Å². The molecule has 1 aliphatic heterocycles. The van der Waals surface area contributed by atoms with Gasteiger partial charge in [0, 0.05) is 38.3 Å². The monoisotopic (exact) mass is 341 g/mol. The fourth-order valence-corrected chi connectivity index (χ4v) is 3.54. The third-order valence-electron chi connectivity index (χ3n) is 5.26. The molecule has 134 valence electrons. The summed E-state index contributed by atoms with van der Waals surface area (Å²) in [4.78, 5) is 17.0. The minimum Gasteiger partial charge on any atom is -0.361 e. The van der Waals surface area contributed by atoms with Gasteiger partial charge in [0.1, 0.15) is 5.76 Å². The lowest BCUT2D eigenvalue weighted by Gasteiger charge is -2.36. The van der Waals surface area contributed by atoms with Crippen molar-refractivity contribution in [1.82, 2.24) is 15.0 Å². The van der Waals surface area contributed by atoms with Crippen molar-refractivity contribution >= 4 is 5.91 Å². The van der Waals surface area contributed by atoms with E-state index in [0.717, 1.165) is 49.5 Å². The zero-order chi connectivity index (χ0) is 17.8. The zero-order valence-corrected chi connectivity index (χ0v) is 15.4. The molecule has 1 saturated heterocycles. The quantitative estimate of drug-likeness (QED) is 0.839. The van der Waals surface area contributed by atoms with Crippen molar-refractivity contribution in [2.24, 2.45) is 0 Å². The van der Waals surface area contributed by atoms with E-state index in [1.807, 2.05) is 25.8 Å². The molecule has 5 nitrogen and oxygen atoms in total. The molecule has 0 N–H and O–H groups in total. The number of nitrogens with zero attached hydrogens (tertiary/aromatic N) is 3. The summed E-state index contributed by atoms with van der Waals surface area (Å²) in [6.45, 7) is 6.81. The van der Waals surface area contributed by atoms with Crippen LogP contribution in [0.1, 0.15) is 35.4 Å². The van der Waals surface area contributed by atoms with Crippen LogP contribution in [0.3, 0.4) is 0 Å². The van der Waals surface area contributed by atoms with Crippen molar-refractivity contribution in [3.63, 3.8) is 0 Å². The maximum absolute atomic E-state index is 12.6. The topological polar surface area (TPSA) is 49.6 Å². The van der Waals surface area contributed by atoms with Crippen LogP contribution in [0.15, 0.2) is 34.9 Å². The molecule has 0 unspecified atom stereocenters. The number of rotatable bonds is 5. The standard InChI is InChI=1S/C20H27N3O2/c1-15-19(16(2)25-21-15)13-20(24)22(3)18-9-11-23(12-10-18)14-17-7-5-4-6-8-17/h4-8,18H,9-14H2,1-3H3. The largest absolute Gasteiger partial charge is 0.361 e. The molecule has 0 saturated carbocycles. The lowest BCUT2D eigenvalue weighted by atomic mass is 10.0. The highest BCUT2D eigenvalue weighted by Gasteiger charge is 2.26. The van der Waals surface area contributed by atoms with Gasteiger partial charge >= 0.3 is 0 Å². The van der Waals surface area contributed by atoms with E-state index >= 15 is 0 Å². The highest BCUT2D eigenvalue weighted by molar-refractivity contribution is 5.79. The third-order valence-corrected chi connectivity index (χ3v) is 5.26. The Bertz CT molecular complexity index is 683. The molecule has 0 radical (unpaired) electrons. The van der Waals surface area contributed by atoms with Gasteiger partial charge in [0.05, 0.1) is 12.1 Å². The fourth-order valence-electron chi connectivity index (χ4n) is 3.54. The van der Waals surface area contributed by atoms with Crippen molar-refractivity contribution in [2.75, 3.05) is 20.1 Å². The molecule has 0 atom stereocenters. The summed E-state index contributed by atoms with van der Waals surface area (Å²) in [6.07, 6.45) is 2.43. The van der Waals surface area contributed by atoms with Crippen LogP contribution in [0.5, 0.6) is 0 Å². The number of hydrogen-bond acceptors (Lipinski definition) is 4. The second kappa shape index (κ2) is 7.83. The first-order chi connectivity index (χ1) is 12.0. The van der Waals surface area contributed by atoms with Gasteiger partial charge in [0.15, 0.2) is 0 Å². The van der Waals surface area contributed by atoms with Crippen LogP contribution in [-0.4, -0.2) is 47.0 Å². The number of piperidine rings is 1. The molecule has 5 heteroatoms. The molecule has 3 rings (SSSR count). The molecular formula is C20H27N3O2. The van der Waals surface area contributed by atoms with E-state index in [-0.39, 0.29) is 5.91 Å². The van der Waals surface area contributed by atoms with E-state index < -0.39 is 0 Å². The number of hydrogen-bond donors (Lipinski definition) is 0. The predicted molar refractivity (Wildman–Crippen MR) is 97.2 cm³/mol.